The van der Waals surface area contributed by atoms with Crippen molar-refractivity contribution in [2.45, 2.75) is 38.3 Å². The highest BCUT2D eigenvalue weighted by molar-refractivity contribution is 6.22. The molecule has 0 spiro atoms. The smallest absolute Gasteiger partial charge is 0.329 e. The Balaban J connectivity index is 1.35. The summed E-state index contributed by atoms with van der Waals surface area (Å²) in [5.41, 5.74) is 2.82. The van der Waals surface area contributed by atoms with Gasteiger partial charge in [-0.25, -0.2) is 4.79 Å². The number of aryl methyl sites for hydroxylation is 1. The first kappa shape index (κ1) is 19.8. The highest BCUT2D eigenvalue weighted by Gasteiger charge is 2.41. The molecule has 2 atom stereocenters. The van der Waals surface area contributed by atoms with Crippen molar-refractivity contribution >= 4 is 23.7 Å². The summed E-state index contributed by atoms with van der Waals surface area (Å²) in [6, 6.07) is 13.1. The maximum Gasteiger partial charge on any atom is 0.329 e. The van der Waals surface area contributed by atoms with Crippen molar-refractivity contribution in [1.29, 1.82) is 0 Å². The molecule has 3 amide bonds. The monoisotopic (exact) mass is 406 g/mol. The zero-order valence-corrected chi connectivity index (χ0v) is 16.6. The Kier molecular flexibility index (Phi) is 5.35. The van der Waals surface area contributed by atoms with Crippen LogP contribution in [0.1, 0.15) is 57.7 Å². The van der Waals surface area contributed by atoms with Crippen molar-refractivity contribution < 1.29 is 23.9 Å². The molecular weight excluding hydrogens is 384 g/mol. The van der Waals surface area contributed by atoms with Crippen LogP contribution in [0.15, 0.2) is 48.5 Å². The van der Waals surface area contributed by atoms with E-state index in [4.69, 9.17) is 4.74 Å². The van der Waals surface area contributed by atoms with E-state index in [1.165, 1.54) is 12.5 Å². The van der Waals surface area contributed by atoms with E-state index in [-0.39, 0.29) is 17.2 Å². The van der Waals surface area contributed by atoms with Crippen LogP contribution in [0.2, 0.25) is 0 Å². The number of carbonyl (C=O) groups excluding carboxylic acids is 4. The zero-order valence-electron chi connectivity index (χ0n) is 16.6. The Morgan fingerprint density at radius 2 is 1.70 bits per heavy atom. The van der Waals surface area contributed by atoms with Crippen LogP contribution in [0.5, 0.6) is 0 Å². The number of esters is 1. The number of amides is 3. The SMILES string of the molecule is C[C@H](C(=O)OCC(=O)N[C@@H]1CCCc2ccccc21)N1C(=O)c2ccccc2C1=O. The summed E-state index contributed by atoms with van der Waals surface area (Å²) in [7, 11) is 0. The van der Waals surface area contributed by atoms with E-state index < -0.39 is 36.3 Å². The minimum atomic E-state index is -1.12. The van der Waals surface area contributed by atoms with Crippen molar-refractivity contribution in [3.05, 3.63) is 70.8 Å². The van der Waals surface area contributed by atoms with E-state index in [1.807, 2.05) is 18.2 Å². The van der Waals surface area contributed by atoms with Crippen molar-refractivity contribution in [2.75, 3.05) is 6.61 Å². The lowest BCUT2D eigenvalue weighted by molar-refractivity contribution is -0.152. The van der Waals surface area contributed by atoms with E-state index in [9.17, 15) is 19.2 Å². The van der Waals surface area contributed by atoms with Gasteiger partial charge in [-0.3, -0.25) is 19.3 Å². The summed E-state index contributed by atoms with van der Waals surface area (Å²) in [5, 5.41) is 2.91. The molecule has 1 N–H and O–H groups in total. The number of hydrogen-bond donors (Lipinski definition) is 1. The lowest BCUT2D eigenvalue weighted by Gasteiger charge is -2.26. The molecule has 1 aliphatic carbocycles. The minimum Gasteiger partial charge on any atom is -0.454 e. The van der Waals surface area contributed by atoms with Crippen LogP contribution >= 0.6 is 0 Å². The fraction of sp³-hybridized carbons (Fsp3) is 0.304. The first-order valence-corrected chi connectivity index (χ1v) is 9.98. The molecule has 0 aromatic heterocycles. The van der Waals surface area contributed by atoms with Gasteiger partial charge in [-0.05, 0) is 49.4 Å². The Morgan fingerprint density at radius 3 is 2.40 bits per heavy atom. The predicted octanol–water partition coefficient (Wildman–Crippen LogP) is 2.41. The Hall–Kier alpha value is -3.48. The van der Waals surface area contributed by atoms with Crippen molar-refractivity contribution in [2.24, 2.45) is 0 Å². The summed E-state index contributed by atoms with van der Waals surface area (Å²) < 4.78 is 5.11. The van der Waals surface area contributed by atoms with Crippen LogP contribution in [-0.4, -0.2) is 41.2 Å². The third-order valence-corrected chi connectivity index (χ3v) is 5.60. The third-order valence-electron chi connectivity index (χ3n) is 5.60. The fourth-order valence-electron chi connectivity index (χ4n) is 4.06. The second-order valence-corrected chi connectivity index (χ2v) is 7.52. The highest BCUT2D eigenvalue weighted by Crippen LogP contribution is 2.29. The number of rotatable bonds is 5. The van der Waals surface area contributed by atoms with Crippen LogP contribution in [0.3, 0.4) is 0 Å². The zero-order chi connectivity index (χ0) is 21.3. The standard InChI is InChI=1S/C23H22N2O5/c1-14(25-21(27)17-10-4-5-11-18(17)22(25)28)23(29)30-13-20(26)24-19-12-6-8-15-7-2-3-9-16(15)19/h2-5,7,9-11,14,19H,6,8,12-13H2,1H3,(H,24,26)/t14-,19-/m1/s1. The lowest BCUT2D eigenvalue weighted by Crippen LogP contribution is -2.44. The predicted molar refractivity (Wildman–Crippen MR) is 108 cm³/mol. The second-order valence-electron chi connectivity index (χ2n) is 7.52. The topological polar surface area (TPSA) is 92.8 Å². The first-order valence-electron chi connectivity index (χ1n) is 9.98. The number of benzene rings is 2. The van der Waals surface area contributed by atoms with E-state index in [0.717, 1.165) is 29.7 Å². The fourth-order valence-corrected chi connectivity index (χ4v) is 4.06. The first-order chi connectivity index (χ1) is 14.5. The summed E-state index contributed by atoms with van der Waals surface area (Å²) in [6.45, 7) is 0.949. The molecule has 7 nitrogen and oxygen atoms in total. The number of carbonyl (C=O) groups is 4. The van der Waals surface area contributed by atoms with Crippen LogP contribution in [0, 0.1) is 0 Å². The summed E-state index contributed by atoms with van der Waals surface area (Å²) >= 11 is 0. The molecule has 0 radical (unpaired) electrons. The van der Waals surface area contributed by atoms with Gasteiger partial charge in [0.2, 0.25) is 0 Å². The average molecular weight is 406 g/mol. The molecule has 1 heterocycles. The van der Waals surface area contributed by atoms with Gasteiger partial charge in [0.05, 0.1) is 17.2 Å². The van der Waals surface area contributed by atoms with E-state index in [1.54, 1.807) is 24.3 Å². The molecule has 2 aliphatic rings. The Labute approximate surface area is 174 Å². The molecule has 154 valence electrons. The summed E-state index contributed by atoms with van der Waals surface area (Å²) in [6.07, 6.45) is 2.77. The molecule has 4 rings (SSSR count). The highest BCUT2D eigenvalue weighted by atomic mass is 16.5. The van der Waals surface area contributed by atoms with Crippen molar-refractivity contribution in [3.63, 3.8) is 0 Å². The van der Waals surface area contributed by atoms with Crippen LogP contribution in [-0.2, 0) is 20.7 Å². The summed E-state index contributed by atoms with van der Waals surface area (Å²) in [5.74, 6) is -2.30. The number of nitrogens with zero attached hydrogens (tertiary/aromatic N) is 1. The van der Waals surface area contributed by atoms with E-state index >= 15 is 0 Å². The van der Waals surface area contributed by atoms with E-state index in [0.29, 0.717) is 0 Å². The van der Waals surface area contributed by atoms with Gasteiger partial charge in [-0.2, -0.15) is 0 Å². The lowest BCUT2D eigenvalue weighted by atomic mass is 9.88. The number of hydrogen-bond acceptors (Lipinski definition) is 5. The van der Waals surface area contributed by atoms with Gasteiger partial charge >= 0.3 is 5.97 Å². The molecule has 30 heavy (non-hydrogen) atoms. The maximum atomic E-state index is 12.5. The number of fused-ring (bicyclic) bond motifs is 2. The van der Waals surface area contributed by atoms with Gasteiger partial charge in [-0.15, -0.1) is 0 Å². The Morgan fingerprint density at radius 1 is 1.07 bits per heavy atom. The number of nitrogens with one attached hydrogen (secondary N) is 1. The molecule has 0 unspecified atom stereocenters. The summed E-state index contributed by atoms with van der Waals surface area (Å²) in [4.78, 5) is 50.6. The molecule has 0 saturated heterocycles. The molecule has 0 fully saturated rings. The molecule has 2 aromatic rings. The second kappa shape index (κ2) is 8.10. The van der Waals surface area contributed by atoms with Crippen LogP contribution < -0.4 is 5.32 Å². The van der Waals surface area contributed by atoms with Crippen LogP contribution in [0.4, 0.5) is 0 Å². The molecular formula is C23H22N2O5. The third kappa shape index (κ3) is 3.58. The van der Waals surface area contributed by atoms with Crippen molar-refractivity contribution in [3.8, 4) is 0 Å². The van der Waals surface area contributed by atoms with Gasteiger partial charge in [0, 0.05) is 0 Å². The molecule has 7 heteroatoms. The maximum absolute atomic E-state index is 12.5. The average Bonchev–Trinajstić information content (AvgIpc) is 3.02. The molecule has 0 saturated carbocycles. The number of imide groups is 1. The Bertz CT molecular complexity index is 997. The van der Waals surface area contributed by atoms with Crippen molar-refractivity contribution in [1.82, 2.24) is 10.2 Å². The molecule has 1 aliphatic heterocycles. The minimum absolute atomic E-state index is 0.116. The molecule has 0 bridgehead atoms. The van der Waals surface area contributed by atoms with Gasteiger partial charge < -0.3 is 10.1 Å². The normalized spacial score (nSPS) is 18.4. The number of ether oxygens (including phenoxy) is 1. The van der Waals surface area contributed by atoms with Gasteiger partial charge in [0.25, 0.3) is 17.7 Å². The molecule has 2 aromatic carbocycles. The quantitative estimate of drug-likeness (QED) is 0.608. The van der Waals surface area contributed by atoms with Gasteiger partial charge in [0.1, 0.15) is 6.04 Å². The van der Waals surface area contributed by atoms with Crippen LogP contribution in [0.25, 0.3) is 0 Å². The largest absolute Gasteiger partial charge is 0.454 e. The van der Waals surface area contributed by atoms with Gasteiger partial charge in [-0.1, -0.05) is 36.4 Å². The van der Waals surface area contributed by atoms with Gasteiger partial charge in [0.15, 0.2) is 6.61 Å². The van der Waals surface area contributed by atoms with E-state index in [2.05, 4.69) is 11.4 Å².